The van der Waals surface area contributed by atoms with Crippen molar-refractivity contribution in [2.75, 3.05) is 6.61 Å². The first-order valence-corrected chi connectivity index (χ1v) is 9.51. The maximum atomic E-state index is 12.4. The van der Waals surface area contributed by atoms with Gasteiger partial charge in [0.15, 0.2) is 11.5 Å². The number of carbonyl (C=O) groups excluding carboxylic acids is 1. The predicted octanol–water partition coefficient (Wildman–Crippen LogP) is 3.69. The molecule has 2 heterocycles. The summed E-state index contributed by atoms with van der Waals surface area (Å²) in [5, 5.41) is 4.13. The third-order valence-electron chi connectivity index (χ3n) is 5.01. The fourth-order valence-electron chi connectivity index (χ4n) is 3.49. The molecule has 1 amide bonds. The topological polar surface area (TPSA) is 64.9 Å². The van der Waals surface area contributed by atoms with E-state index in [-0.39, 0.29) is 12.5 Å². The van der Waals surface area contributed by atoms with E-state index < -0.39 is 6.10 Å². The Morgan fingerprint density at radius 1 is 1.10 bits per heavy atom. The highest BCUT2D eigenvalue weighted by Gasteiger charge is 2.27. The van der Waals surface area contributed by atoms with E-state index in [4.69, 9.17) is 9.47 Å². The number of amides is 1. The number of rotatable bonds is 4. The lowest BCUT2D eigenvalue weighted by Crippen LogP contribution is -2.42. The average Bonchev–Trinajstić information content (AvgIpc) is 3.01. The lowest BCUT2D eigenvalue weighted by Gasteiger charge is -2.24. The number of para-hydroxylation sites is 3. The minimum atomic E-state index is -0.735. The summed E-state index contributed by atoms with van der Waals surface area (Å²) in [5.74, 6) is 0.858. The average molecular weight is 389 g/mol. The van der Waals surface area contributed by atoms with Gasteiger partial charge in [-0.2, -0.15) is 5.10 Å². The number of ether oxygens (including phenoxy) is 2. The zero-order valence-corrected chi connectivity index (χ0v) is 16.7. The van der Waals surface area contributed by atoms with Crippen LogP contribution < -0.4 is 14.9 Å². The Morgan fingerprint density at radius 2 is 1.83 bits per heavy atom. The van der Waals surface area contributed by atoms with Crippen molar-refractivity contribution in [3.05, 3.63) is 77.1 Å². The van der Waals surface area contributed by atoms with Gasteiger partial charge >= 0.3 is 0 Å². The second-order valence-corrected chi connectivity index (χ2v) is 7.05. The van der Waals surface area contributed by atoms with Crippen molar-refractivity contribution in [3.63, 3.8) is 0 Å². The molecule has 1 aliphatic rings. The first-order chi connectivity index (χ1) is 14.0. The quantitative estimate of drug-likeness (QED) is 0.547. The Bertz CT molecular complexity index is 1080. The first kappa shape index (κ1) is 18.8. The summed E-state index contributed by atoms with van der Waals surface area (Å²) in [6, 6.07) is 17.6. The molecule has 0 unspecified atom stereocenters. The summed E-state index contributed by atoms with van der Waals surface area (Å²) in [5.41, 5.74) is 7.99. The zero-order valence-electron chi connectivity index (χ0n) is 16.7. The van der Waals surface area contributed by atoms with Crippen LogP contribution in [-0.4, -0.2) is 29.4 Å². The number of nitrogens with zero attached hydrogens (tertiary/aromatic N) is 2. The van der Waals surface area contributed by atoms with Crippen molar-refractivity contribution in [1.29, 1.82) is 0 Å². The van der Waals surface area contributed by atoms with Gasteiger partial charge in [-0.15, -0.1) is 0 Å². The lowest BCUT2D eigenvalue weighted by molar-refractivity contribution is -0.130. The Hall–Kier alpha value is -3.54. The standard InChI is InChI=1S/C23H23N3O3/c1-15-8-4-5-9-19(15)26-16(2)12-18(17(26)3)13-24-25-23(27)22-14-28-20-10-6-7-11-21(20)29-22/h4-13,22H,14H2,1-3H3,(H,25,27)/b24-13-/t22-/m1/s1. The maximum absolute atomic E-state index is 12.4. The van der Waals surface area contributed by atoms with Crippen LogP contribution in [-0.2, 0) is 4.79 Å². The van der Waals surface area contributed by atoms with Crippen molar-refractivity contribution in [3.8, 4) is 17.2 Å². The molecule has 29 heavy (non-hydrogen) atoms. The third kappa shape index (κ3) is 3.74. The molecule has 1 atom stereocenters. The highest BCUT2D eigenvalue weighted by atomic mass is 16.6. The number of hydrogen-bond acceptors (Lipinski definition) is 4. The largest absolute Gasteiger partial charge is 0.485 e. The van der Waals surface area contributed by atoms with Crippen LogP contribution in [0.2, 0.25) is 0 Å². The van der Waals surface area contributed by atoms with Gasteiger partial charge < -0.3 is 14.0 Å². The molecule has 0 bridgehead atoms. The molecule has 0 aliphatic carbocycles. The molecule has 2 aromatic carbocycles. The van der Waals surface area contributed by atoms with Gasteiger partial charge in [0.1, 0.15) is 6.61 Å². The second kappa shape index (κ2) is 7.83. The van der Waals surface area contributed by atoms with E-state index in [1.165, 1.54) is 5.56 Å². The SMILES string of the molecule is Cc1ccccc1-n1c(C)cc(/C=N\NC(=O)[C@H]2COc3ccccc3O2)c1C. The number of hydrazone groups is 1. The van der Waals surface area contributed by atoms with Crippen LogP contribution in [0.5, 0.6) is 11.5 Å². The number of nitrogens with one attached hydrogen (secondary N) is 1. The van der Waals surface area contributed by atoms with E-state index in [9.17, 15) is 4.79 Å². The van der Waals surface area contributed by atoms with Gasteiger partial charge in [-0.25, -0.2) is 5.43 Å². The van der Waals surface area contributed by atoms with Gasteiger partial charge in [-0.05, 0) is 50.6 Å². The molecular weight excluding hydrogens is 366 g/mol. The van der Waals surface area contributed by atoms with Gasteiger partial charge in [-0.1, -0.05) is 30.3 Å². The predicted molar refractivity (Wildman–Crippen MR) is 112 cm³/mol. The van der Waals surface area contributed by atoms with Crippen molar-refractivity contribution >= 4 is 12.1 Å². The van der Waals surface area contributed by atoms with E-state index in [1.807, 2.05) is 43.3 Å². The smallest absolute Gasteiger partial charge is 0.284 e. The Kier molecular flexibility index (Phi) is 5.08. The molecule has 148 valence electrons. The molecule has 0 radical (unpaired) electrons. The maximum Gasteiger partial charge on any atom is 0.284 e. The molecule has 6 heteroatoms. The van der Waals surface area contributed by atoms with Crippen LogP contribution in [0.1, 0.15) is 22.5 Å². The normalized spacial score (nSPS) is 15.5. The molecule has 6 nitrogen and oxygen atoms in total. The third-order valence-corrected chi connectivity index (χ3v) is 5.01. The Labute approximate surface area is 169 Å². The van der Waals surface area contributed by atoms with Crippen LogP contribution in [0, 0.1) is 20.8 Å². The number of carbonyl (C=O) groups is 1. The van der Waals surface area contributed by atoms with Crippen LogP contribution in [0.25, 0.3) is 5.69 Å². The number of hydrogen-bond donors (Lipinski definition) is 1. The molecule has 0 fully saturated rings. The fourth-order valence-corrected chi connectivity index (χ4v) is 3.49. The van der Waals surface area contributed by atoms with E-state index >= 15 is 0 Å². The summed E-state index contributed by atoms with van der Waals surface area (Å²) in [6.07, 6.45) is 0.925. The summed E-state index contributed by atoms with van der Waals surface area (Å²) < 4.78 is 13.5. The summed E-state index contributed by atoms with van der Waals surface area (Å²) >= 11 is 0. The van der Waals surface area contributed by atoms with Gasteiger partial charge in [-0.3, -0.25) is 4.79 Å². The van der Waals surface area contributed by atoms with Crippen LogP contribution in [0.15, 0.2) is 59.7 Å². The molecule has 4 rings (SSSR count). The highest BCUT2D eigenvalue weighted by molar-refractivity contribution is 5.86. The van der Waals surface area contributed by atoms with E-state index in [1.54, 1.807) is 12.3 Å². The number of aromatic nitrogens is 1. The number of fused-ring (bicyclic) bond motifs is 1. The highest BCUT2D eigenvalue weighted by Crippen LogP contribution is 2.30. The van der Waals surface area contributed by atoms with Crippen LogP contribution in [0.3, 0.4) is 0 Å². The van der Waals surface area contributed by atoms with Gasteiger partial charge in [0.25, 0.3) is 5.91 Å². The molecule has 1 aromatic heterocycles. The van der Waals surface area contributed by atoms with Gasteiger partial charge in [0.05, 0.1) is 6.21 Å². The van der Waals surface area contributed by atoms with E-state index in [0.717, 1.165) is 22.6 Å². The molecular formula is C23H23N3O3. The van der Waals surface area contributed by atoms with Crippen LogP contribution in [0.4, 0.5) is 0 Å². The summed E-state index contributed by atoms with van der Waals surface area (Å²) in [6.45, 7) is 6.34. The lowest BCUT2D eigenvalue weighted by atomic mass is 10.2. The second-order valence-electron chi connectivity index (χ2n) is 7.05. The molecule has 3 aromatic rings. The molecule has 1 aliphatic heterocycles. The number of benzene rings is 2. The zero-order chi connectivity index (χ0) is 20.4. The molecule has 0 spiro atoms. The molecule has 0 saturated heterocycles. The van der Waals surface area contributed by atoms with Gasteiger partial charge in [0.2, 0.25) is 6.10 Å². The van der Waals surface area contributed by atoms with E-state index in [2.05, 4.69) is 41.1 Å². The van der Waals surface area contributed by atoms with Crippen molar-refractivity contribution < 1.29 is 14.3 Å². The van der Waals surface area contributed by atoms with Gasteiger partial charge in [0, 0.05) is 22.6 Å². The van der Waals surface area contributed by atoms with E-state index in [0.29, 0.717) is 11.5 Å². The minimum Gasteiger partial charge on any atom is -0.485 e. The molecule has 1 N–H and O–H groups in total. The summed E-state index contributed by atoms with van der Waals surface area (Å²) in [4.78, 5) is 12.4. The summed E-state index contributed by atoms with van der Waals surface area (Å²) in [7, 11) is 0. The monoisotopic (exact) mass is 389 g/mol. The Morgan fingerprint density at radius 3 is 2.62 bits per heavy atom. The van der Waals surface area contributed by atoms with Crippen LogP contribution >= 0.6 is 0 Å². The van der Waals surface area contributed by atoms with Crippen molar-refractivity contribution in [2.45, 2.75) is 26.9 Å². The first-order valence-electron chi connectivity index (χ1n) is 9.51. The van der Waals surface area contributed by atoms with Crippen molar-refractivity contribution in [1.82, 2.24) is 9.99 Å². The molecule has 0 saturated carbocycles. The number of aryl methyl sites for hydroxylation is 2. The van der Waals surface area contributed by atoms with Crippen molar-refractivity contribution in [2.24, 2.45) is 5.10 Å². The Balaban J connectivity index is 1.46. The fraction of sp³-hybridized carbons (Fsp3) is 0.217. The minimum absolute atomic E-state index is 0.153.